The third kappa shape index (κ3) is 3.06. The van der Waals surface area contributed by atoms with Gasteiger partial charge in [-0.25, -0.2) is 0 Å². The van der Waals surface area contributed by atoms with E-state index in [-0.39, 0.29) is 11.1 Å². The number of hydrogen-bond donors (Lipinski definition) is 2. The summed E-state index contributed by atoms with van der Waals surface area (Å²) < 4.78 is 39.5. The van der Waals surface area contributed by atoms with Crippen LogP contribution in [0.5, 0.6) is 5.75 Å². The quantitative estimate of drug-likeness (QED) is 0.399. The van der Waals surface area contributed by atoms with Gasteiger partial charge in [0.05, 0.1) is 16.5 Å². The van der Waals surface area contributed by atoms with Crippen LogP contribution < -0.4 is 5.56 Å². The monoisotopic (exact) mass is 421 g/mol. The highest BCUT2D eigenvalue weighted by atomic mass is 35.5. The van der Waals surface area contributed by atoms with Crippen LogP contribution in [-0.2, 0) is 6.18 Å². The molecule has 2 heterocycles. The molecule has 0 spiro atoms. The Morgan fingerprint density at radius 3 is 2.32 bits per heavy atom. The predicted molar refractivity (Wildman–Crippen MR) is 105 cm³/mol. The summed E-state index contributed by atoms with van der Waals surface area (Å²) in [5.74, 6) is -0.403. The molecule has 2 aromatic carbocycles. The lowest BCUT2D eigenvalue weighted by molar-refractivity contribution is -0.137. The summed E-state index contributed by atoms with van der Waals surface area (Å²) in [5.41, 5.74) is -0.625. The van der Waals surface area contributed by atoms with E-state index in [1.807, 2.05) is 6.07 Å². The number of aromatic nitrogens is 1. The molecule has 142 valence electrons. The van der Waals surface area contributed by atoms with Crippen molar-refractivity contribution in [3.63, 3.8) is 0 Å². The zero-order valence-corrected chi connectivity index (χ0v) is 15.5. The van der Waals surface area contributed by atoms with Crippen LogP contribution in [0.1, 0.15) is 5.56 Å². The molecule has 8 heteroatoms. The first kappa shape index (κ1) is 18.6. The van der Waals surface area contributed by atoms with Gasteiger partial charge in [-0.15, -0.1) is 11.3 Å². The Bertz CT molecular complexity index is 1250. The number of hydrogen-bond acceptors (Lipinski definition) is 3. The Labute approximate surface area is 165 Å². The largest absolute Gasteiger partial charge is 0.506 e. The van der Waals surface area contributed by atoms with Crippen LogP contribution in [0.15, 0.2) is 59.4 Å². The van der Waals surface area contributed by atoms with Crippen molar-refractivity contribution in [2.75, 3.05) is 0 Å². The minimum Gasteiger partial charge on any atom is -0.506 e. The van der Waals surface area contributed by atoms with Crippen molar-refractivity contribution in [1.82, 2.24) is 4.98 Å². The van der Waals surface area contributed by atoms with Crippen LogP contribution in [0, 0.1) is 0 Å². The molecule has 3 nitrogen and oxygen atoms in total. The summed E-state index contributed by atoms with van der Waals surface area (Å²) in [5, 5.41) is 11.2. The van der Waals surface area contributed by atoms with E-state index >= 15 is 0 Å². The second kappa shape index (κ2) is 6.68. The fourth-order valence-electron chi connectivity index (χ4n) is 3.10. The number of aromatic amines is 1. The van der Waals surface area contributed by atoms with Crippen molar-refractivity contribution in [2.45, 2.75) is 6.18 Å². The highest BCUT2D eigenvalue weighted by Crippen LogP contribution is 2.47. The predicted octanol–water partition coefficient (Wildman–Crippen LogP) is 6.30. The van der Waals surface area contributed by atoms with Gasteiger partial charge >= 0.3 is 6.18 Å². The first-order valence-electron chi connectivity index (χ1n) is 8.07. The summed E-state index contributed by atoms with van der Waals surface area (Å²) in [6.45, 7) is 0. The average molecular weight is 422 g/mol. The molecule has 0 radical (unpaired) electrons. The van der Waals surface area contributed by atoms with Crippen LogP contribution in [0.4, 0.5) is 13.2 Å². The molecule has 0 saturated carbocycles. The van der Waals surface area contributed by atoms with E-state index in [0.717, 1.165) is 29.0 Å². The van der Waals surface area contributed by atoms with E-state index in [1.54, 1.807) is 24.3 Å². The molecule has 2 aromatic heterocycles. The van der Waals surface area contributed by atoms with Crippen LogP contribution in [-0.4, -0.2) is 10.1 Å². The molecule has 0 aliphatic carbocycles. The molecule has 2 N–H and O–H groups in total. The van der Waals surface area contributed by atoms with Gasteiger partial charge in [0.15, 0.2) is 0 Å². The molecule has 28 heavy (non-hydrogen) atoms. The van der Waals surface area contributed by atoms with E-state index in [2.05, 4.69) is 4.98 Å². The normalized spacial score (nSPS) is 11.9. The molecule has 0 amide bonds. The van der Waals surface area contributed by atoms with Crippen LogP contribution in [0.2, 0.25) is 4.34 Å². The van der Waals surface area contributed by atoms with Crippen LogP contribution in [0.25, 0.3) is 32.5 Å². The van der Waals surface area contributed by atoms with E-state index in [4.69, 9.17) is 11.6 Å². The molecule has 0 fully saturated rings. The zero-order chi connectivity index (χ0) is 20.1. The number of fused-ring (bicyclic) bond motifs is 1. The van der Waals surface area contributed by atoms with Crippen molar-refractivity contribution in [3.8, 4) is 28.0 Å². The first-order chi connectivity index (χ1) is 13.3. The number of benzene rings is 2. The lowest BCUT2D eigenvalue weighted by atomic mass is 9.99. The van der Waals surface area contributed by atoms with Gasteiger partial charge in [-0.1, -0.05) is 54.1 Å². The summed E-state index contributed by atoms with van der Waals surface area (Å²) in [4.78, 5) is 15.5. The van der Waals surface area contributed by atoms with Gasteiger partial charge in [0.1, 0.15) is 14.9 Å². The zero-order valence-electron chi connectivity index (χ0n) is 14.0. The number of alkyl halides is 3. The van der Waals surface area contributed by atoms with Gasteiger partial charge in [-0.05, 0) is 23.3 Å². The topological polar surface area (TPSA) is 53.1 Å². The van der Waals surface area contributed by atoms with E-state index < -0.39 is 23.0 Å². The summed E-state index contributed by atoms with van der Waals surface area (Å²) in [6.07, 6.45) is -4.57. The van der Waals surface area contributed by atoms with Crippen molar-refractivity contribution in [1.29, 1.82) is 0 Å². The van der Waals surface area contributed by atoms with E-state index in [1.165, 1.54) is 12.1 Å². The third-order valence-electron chi connectivity index (χ3n) is 4.33. The average Bonchev–Trinajstić information content (AvgIpc) is 2.98. The van der Waals surface area contributed by atoms with Gasteiger partial charge < -0.3 is 10.1 Å². The molecule has 4 rings (SSSR count). The second-order valence-electron chi connectivity index (χ2n) is 6.08. The van der Waals surface area contributed by atoms with Crippen molar-refractivity contribution in [2.24, 2.45) is 0 Å². The van der Waals surface area contributed by atoms with Gasteiger partial charge in [0, 0.05) is 5.56 Å². The Morgan fingerprint density at radius 2 is 1.64 bits per heavy atom. The van der Waals surface area contributed by atoms with Crippen molar-refractivity contribution >= 4 is 33.2 Å². The van der Waals surface area contributed by atoms with Gasteiger partial charge in [0.2, 0.25) is 0 Å². The lowest BCUT2D eigenvalue weighted by Crippen LogP contribution is -2.10. The molecule has 0 saturated heterocycles. The van der Waals surface area contributed by atoms with Crippen LogP contribution >= 0.6 is 22.9 Å². The van der Waals surface area contributed by atoms with Gasteiger partial charge in [-0.2, -0.15) is 13.2 Å². The highest BCUT2D eigenvalue weighted by Gasteiger charge is 2.31. The number of nitrogens with one attached hydrogen (secondary N) is 1. The van der Waals surface area contributed by atoms with Crippen LogP contribution in [0.3, 0.4) is 0 Å². The molecule has 0 aliphatic rings. The number of halogens is 4. The Balaban J connectivity index is 2.03. The molecular formula is C20H11ClF3NO2S. The number of rotatable bonds is 2. The summed E-state index contributed by atoms with van der Waals surface area (Å²) in [6, 6.07) is 13.3. The summed E-state index contributed by atoms with van der Waals surface area (Å²) >= 11 is 7.43. The molecular weight excluding hydrogens is 411 g/mol. The maximum atomic E-state index is 13.1. The first-order valence-corrected chi connectivity index (χ1v) is 9.27. The molecule has 0 aliphatic heterocycles. The minimum atomic E-state index is -4.57. The molecule has 0 unspecified atom stereocenters. The maximum absolute atomic E-state index is 13.1. The van der Waals surface area contributed by atoms with E-state index in [0.29, 0.717) is 20.1 Å². The Hall–Kier alpha value is -2.77. The Morgan fingerprint density at radius 1 is 0.964 bits per heavy atom. The Kier molecular flexibility index (Phi) is 4.44. The third-order valence-corrected chi connectivity index (χ3v) is 5.65. The molecule has 0 bridgehead atoms. The molecule has 0 atom stereocenters. The summed E-state index contributed by atoms with van der Waals surface area (Å²) in [7, 11) is 0. The lowest BCUT2D eigenvalue weighted by Gasteiger charge is -2.11. The fraction of sp³-hybridized carbons (Fsp3) is 0.0500. The fourth-order valence-corrected chi connectivity index (χ4v) is 4.48. The number of pyridine rings is 1. The smallest absolute Gasteiger partial charge is 0.416 e. The standard InChI is InChI=1S/C20H11ClF3NO2S/c21-17-13(10-5-2-1-3-6-10)15-16(26)14(18(27)25-19(15)28-17)11-7-4-8-12(9-11)20(22,23)24/h1-9H,(H2,25,26,27). The number of thiophene rings is 1. The molecule has 4 aromatic rings. The highest BCUT2D eigenvalue weighted by molar-refractivity contribution is 7.23. The SMILES string of the molecule is O=c1[nH]c2sc(Cl)c(-c3ccccc3)c2c(O)c1-c1cccc(C(F)(F)F)c1. The van der Waals surface area contributed by atoms with Gasteiger partial charge in [0.25, 0.3) is 5.56 Å². The minimum absolute atomic E-state index is 0.0307. The van der Waals surface area contributed by atoms with Crippen molar-refractivity contribution < 1.29 is 18.3 Å². The maximum Gasteiger partial charge on any atom is 0.416 e. The number of aromatic hydroxyl groups is 1. The van der Waals surface area contributed by atoms with E-state index in [9.17, 15) is 23.1 Å². The van der Waals surface area contributed by atoms with Gasteiger partial charge in [-0.3, -0.25) is 4.79 Å². The van der Waals surface area contributed by atoms with Crippen molar-refractivity contribution in [3.05, 3.63) is 74.9 Å². The number of H-pyrrole nitrogens is 1. The second-order valence-corrected chi connectivity index (χ2v) is 7.70.